The Labute approximate surface area is 141 Å². The van der Waals surface area contributed by atoms with Gasteiger partial charge in [0.1, 0.15) is 5.82 Å². The lowest BCUT2D eigenvalue weighted by atomic mass is 9.81. The van der Waals surface area contributed by atoms with Crippen LogP contribution in [0.25, 0.3) is 0 Å². The van der Waals surface area contributed by atoms with Crippen molar-refractivity contribution in [3.05, 3.63) is 35.6 Å². The summed E-state index contributed by atoms with van der Waals surface area (Å²) in [5.74, 6) is -0.933. The van der Waals surface area contributed by atoms with E-state index in [1.165, 1.54) is 23.4 Å². The molecule has 0 aliphatic carbocycles. The van der Waals surface area contributed by atoms with Gasteiger partial charge in [0, 0.05) is 44.6 Å². The van der Waals surface area contributed by atoms with Gasteiger partial charge in [-0.25, -0.2) is 17.1 Å². The molecular formula is C16H22FN3O3S. The Morgan fingerprint density at radius 2 is 2.21 bits per heavy atom. The van der Waals surface area contributed by atoms with Crippen molar-refractivity contribution in [2.24, 2.45) is 5.92 Å². The molecule has 1 aromatic rings. The van der Waals surface area contributed by atoms with Gasteiger partial charge in [0.15, 0.2) is 0 Å². The van der Waals surface area contributed by atoms with Gasteiger partial charge in [0.25, 0.3) is 0 Å². The number of halogens is 1. The number of sulfonamides is 1. The molecule has 0 spiro atoms. The van der Waals surface area contributed by atoms with Gasteiger partial charge in [-0.3, -0.25) is 4.79 Å². The zero-order valence-corrected chi connectivity index (χ0v) is 14.4. The zero-order valence-electron chi connectivity index (χ0n) is 13.6. The summed E-state index contributed by atoms with van der Waals surface area (Å²) in [6.45, 7) is 3.45. The summed E-state index contributed by atoms with van der Waals surface area (Å²) in [5, 5.41) is 6.25. The first-order chi connectivity index (χ1) is 11.3. The summed E-state index contributed by atoms with van der Waals surface area (Å²) < 4.78 is 40.5. The molecule has 24 heavy (non-hydrogen) atoms. The highest BCUT2D eigenvalue weighted by Crippen LogP contribution is 2.33. The SMILES string of the molecule is CC(=O)N[C@@]12CCN(S(=O)(=O)Cc3ccccc3F)C[C@@H]1CNC2. The molecule has 1 aromatic carbocycles. The van der Waals surface area contributed by atoms with Crippen molar-refractivity contribution >= 4 is 15.9 Å². The van der Waals surface area contributed by atoms with Gasteiger partial charge in [0.05, 0.1) is 11.3 Å². The van der Waals surface area contributed by atoms with Gasteiger partial charge >= 0.3 is 0 Å². The molecule has 2 atom stereocenters. The van der Waals surface area contributed by atoms with Crippen LogP contribution < -0.4 is 10.6 Å². The molecule has 2 heterocycles. The Kier molecular flexibility index (Phi) is 4.63. The molecule has 0 aromatic heterocycles. The number of nitrogens with zero attached hydrogens (tertiary/aromatic N) is 1. The Morgan fingerprint density at radius 1 is 1.46 bits per heavy atom. The first-order valence-electron chi connectivity index (χ1n) is 8.03. The average molecular weight is 355 g/mol. The molecule has 0 saturated carbocycles. The Bertz CT molecular complexity index is 740. The van der Waals surface area contributed by atoms with E-state index in [0.29, 0.717) is 32.6 Å². The second kappa shape index (κ2) is 6.42. The number of nitrogens with one attached hydrogen (secondary N) is 2. The van der Waals surface area contributed by atoms with E-state index in [4.69, 9.17) is 0 Å². The number of carbonyl (C=O) groups excluding carboxylic acids is 1. The molecule has 132 valence electrons. The minimum atomic E-state index is -3.60. The molecule has 8 heteroatoms. The Morgan fingerprint density at radius 3 is 2.92 bits per heavy atom. The highest BCUT2D eigenvalue weighted by atomic mass is 32.2. The normalized spacial score (nSPS) is 27.7. The van der Waals surface area contributed by atoms with Gasteiger partial charge in [0.2, 0.25) is 15.9 Å². The van der Waals surface area contributed by atoms with Crippen LogP contribution in [0.4, 0.5) is 4.39 Å². The standard InChI is InChI=1S/C16H22FN3O3S/c1-12(21)19-16-6-7-20(9-14(16)8-18-11-16)24(22,23)10-13-4-2-3-5-15(13)17/h2-5,14,18H,6-11H2,1H3,(H,19,21)/t14-,16+/m0/s1. The molecule has 2 aliphatic heterocycles. The Balaban J connectivity index is 1.75. The van der Waals surface area contributed by atoms with Crippen LogP contribution in [0.5, 0.6) is 0 Å². The van der Waals surface area contributed by atoms with E-state index in [-0.39, 0.29) is 28.7 Å². The van der Waals surface area contributed by atoms with Gasteiger partial charge in [-0.15, -0.1) is 0 Å². The van der Waals surface area contributed by atoms with Gasteiger partial charge < -0.3 is 10.6 Å². The first-order valence-corrected chi connectivity index (χ1v) is 9.64. The van der Waals surface area contributed by atoms with Crippen molar-refractivity contribution in [3.63, 3.8) is 0 Å². The zero-order chi connectivity index (χ0) is 17.4. The van der Waals surface area contributed by atoms with E-state index in [1.807, 2.05) is 0 Å². The number of piperidine rings is 1. The number of hydrogen-bond acceptors (Lipinski definition) is 4. The van der Waals surface area contributed by atoms with Gasteiger partial charge in [-0.2, -0.15) is 0 Å². The number of carbonyl (C=O) groups is 1. The second-order valence-electron chi connectivity index (χ2n) is 6.62. The van der Waals surface area contributed by atoms with Crippen molar-refractivity contribution in [2.45, 2.75) is 24.6 Å². The van der Waals surface area contributed by atoms with E-state index in [0.717, 1.165) is 0 Å². The molecule has 2 N–H and O–H groups in total. The van der Waals surface area contributed by atoms with Crippen LogP contribution in [0.2, 0.25) is 0 Å². The van der Waals surface area contributed by atoms with Crippen LogP contribution in [0, 0.1) is 11.7 Å². The second-order valence-corrected chi connectivity index (χ2v) is 8.59. The largest absolute Gasteiger partial charge is 0.349 e. The third-order valence-electron chi connectivity index (χ3n) is 4.96. The smallest absolute Gasteiger partial charge is 0.218 e. The maximum absolute atomic E-state index is 13.8. The summed E-state index contributed by atoms with van der Waals surface area (Å²) in [5.41, 5.74) is -0.198. The van der Waals surface area contributed by atoms with E-state index < -0.39 is 15.8 Å². The molecular weight excluding hydrogens is 333 g/mol. The van der Waals surface area contributed by atoms with E-state index in [1.54, 1.807) is 12.1 Å². The molecule has 2 aliphatic rings. The number of hydrogen-bond donors (Lipinski definition) is 2. The fraction of sp³-hybridized carbons (Fsp3) is 0.562. The van der Waals surface area contributed by atoms with Crippen molar-refractivity contribution in [2.75, 3.05) is 26.2 Å². The maximum atomic E-state index is 13.8. The number of fused-ring (bicyclic) bond motifs is 1. The number of benzene rings is 1. The van der Waals surface area contributed by atoms with Crippen LogP contribution in [0.15, 0.2) is 24.3 Å². The van der Waals surface area contributed by atoms with Crippen LogP contribution in [0.1, 0.15) is 18.9 Å². The van der Waals surface area contributed by atoms with E-state index >= 15 is 0 Å². The molecule has 2 saturated heterocycles. The minimum Gasteiger partial charge on any atom is -0.349 e. The molecule has 1 amide bonds. The van der Waals surface area contributed by atoms with Gasteiger partial charge in [-0.1, -0.05) is 18.2 Å². The summed E-state index contributed by atoms with van der Waals surface area (Å²) in [6, 6.07) is 5.93. The fourth-order valence-electron chi connectivity index (χ4n) is 3.72. The molecule has 6 nitrogen and oxygen atoms in total. The molecule has 0 bridgehead atoms. The lowest BCUT2D eigenvalue weighted by Crippen LogP contribution is -2.61. The van der Waals surface area contributed by atoms with Crippen LogP contribution in [0.3, 0.4) is 0 Å². The van der Waals surface area contributed by atoms with Crippen molar-refractivity contribution in [1.29, 1.82) is 0 Å². The maximum Gasteiger partial charge on any atom is 0.218 e. The van der Waals surface area contributed by atoms with Crippen molar-refractivity contribution in [3.8, 4) is 0 Å². The Hall–Kier alpha value is -1.51. The lowest BCUT2D eigenvalue weighted by molar-refractivity contribution is -0.121. The molecule has 2 fully saturated rings. The minimum absolute atomic E-state index is 0.0190. The fourth-order valence-corrected chi connectivity index (χ4v) is 5.30. The quantitative estimate of drug-likeness (QED) is 0.822. The summed E-state index contributed by atoms with van der Waals surface area (Å²) >= 11 is 0. The summed E-state index contributed by atoms with van der Waals surface area (Å²) in [4.78, 5) is 11.5. The third kappa shape index (κ3) is 3.31. The van der Waals surface area contributed by atoms with E-state index in [9.17, 15) is 17.6 Å². The molecule has 0 unspecified atom stereocenters. The average Bonchev–Trinajstić information content (AvgIpc) is 2.91. The number of amides is 1. The van der Waals surface area contributed by atoms with Crippen LogP contribution in [-0.2, 0) is 20.6 Å². The molecule has 3 rings (SSSR count). The predicted molar refractivity (Wildman–Crippen MR) is 88.1 cm³/mol. The van der Waals surface area contributed by atoms with Crippen LogP contribution >= 0.6 is 0 Å². The molecule has 0 radical (unpaired) electrons. The van der Waals surface area contributed by atoms with Crippen molar-refractivity contribution < 1.29 is 17.6 Å². The van der Waals surface area contributed by atoms with Gasteiger partial charge in [-0.05, 0) is 12.5 Å². The monoisotopic (exact) mass is 355 g/mol. The topological polar surface area (TPSA) is 78.5 Å². The summed E-state index contributed by atoms with van der Waals surface area (Å²) in [7, 11) is -3.60. The van der Waals surface area contributed by atoms with Crippen LogP contribution in [-0.4, -0.2) is 50.3 Å². The predicted octanol–water partition coefficient (Wildman–Crippen LogP) is 0.456. The summed E-state index contributed by atoms with van der Waals surface area (Å²) in [6.07, 6.45) is 0.556. The third-order valence-corrected chi connectivity index (χ3v) is 6.75. The highest BCUT2D eigenvalue weighted by molar-refractivity contribution is 7.88. The van der Waals surface area contributed by atoms with E-state index in [2.05, 4.69) is 10.6 Å². The lowest BCUT2D eigenvalue weighted by Gasteiger charge is -2.43. The first kappa shape index (κ1) is 17.3. The van der Waals surface area contributed by atoms with Crippen molar-refractivity contribution in [1.82, 2.24) is 14.9 Å². The highest BCUT2D eigenvalue weighted by Gasteiger charge is 2.48. The number of rotatable bonds is 4.